The summed E-state index contributed by atoms with van der Waals surface area (Å²) in [6, 6.07) is 9.35. The molecule has 0 bridgehead atoms. The van der Waals surface area contributed by atoms with Crippen molar-refractivity contribution in [2.45, 2.75) is 6.92 Å². The van der Waals surface area contributed by atoms with E-state index in [4.69, 9.17) is 17.3 Å². The second kappa shape index (κ2) is 3.99. The van der Waals surface area contributed by atoms with Gasteiger partial charge in [0.25, 0.3) is 0 Å². The second-order valence-corrected chi connectivity index (χ2v) is 4.60. The molecule has 2 aromatic heterocycles. The van der Waals surface area contributed by atoms with E-state index in [0.29, 0.717) is 10.7 Å². The molecule has 0 aliphatic rings. The Morgan fingerprint density at radius 1 is 1.17 bits per heavy atom. The van der Waals surface area contributed by atoms with Gasteiger partial charge in [-0.3, -0.25) is 4.40 Å². The molecule has 90 valence electrons. The summed E-state index contributed by atoms with van der Waals surface area (Å²) in [7, 11) is 0. The second-order valence-electron chi connectivity index (χ2n) is 4.20. The van der Waals surface area contributed by atoms with Crippen LogP contribution in [-0.4, -0.2) is 14.6 Å². The molecule has 2 heterocycles. The molecule has 0 saturated heterocycles. The van der Waals surface area contributed by atoms with E-state index in [0.717, 1.165) is 22.6 Å². The van der Waals surface area contributed by atoms with Crippen molar-refractivity contribution in [3.63, 3.8) is 0 Å². The lowest BCUT2D eigenvalue weighted by atomic mass is 10.2. The van der Waals surface area contributed by atoms with Gasteiger partial charge in [-0.25, -0.2) is 0 Å². The zero-order valence-corrected chi connectivity index (χ0v) is 10.5. The van der Waals surface area contributed by atoms with Crippen molar-refractivity contribution in [2.75, 3.05) is 5.73 Å². The number of hydrogen-bond donors (Lipinski definition) is 1. The van der Waals surface area contributed by atoms with E-state index in [-0.39, 0.29) is 0 Å². The molecule has 0 amide bonds. The molecular weight excluding hydrogens is 248 g/mol. The SMILES string of the molecule is Cc1ccn2c(-c3ccc(N)cc3Cl)nnc2c1. The average molecular weight is 259 g/mol. The first kappa shape index (κ1) is 11.0. The van der Waals surface area contributed by atoms with Gasteiger partial charge in [0.2, 0.25) is 0 Å². The van der Waals surface area contributed by atoms with E-state index >= 15 is 0 Å². The van der Waals surface area contributed by atoms with Gasteiger partial charge in [-0.15, -0.1) is 10.2 Å². The standard InChI is InChI=1S/C13H11ClN4/c1-8-4-5-18-12(6-8)16-17-13(18)10-3-2-9(15)7-11(10)14/h2-7H,15H2,1H3. The lowest BCUT2D eigenvalue weighted by molar-refractivity contribution is 1.11. The van der Waals surface area contributed by atoms with Gasteiger partial charge in [0.05, 0.1) is 5.02 Å². The Morgan fingerprint density at radius 3 is 2.78 bits per heavy atom. The topological polar surface area (TPSA) is 56.2 Å². The van der Waals surface area contributed by atoms with Crippen LogP contribution in [0.2, 0.25) is 5.02 Å². The number of pyridine rings is 1. The van der Waals surface area contributed by atoms with E-state index < -0.39 is 0 Å². The Hall–Kier alpha value is -2.07. The first-order chi connectivity index (χ1) is 8.65. The van der Waals surface area contributed by atoms with E-state index in [2.05, 4.69) is 10.2 Å². The van der Waals surface area contributed by atoms with Gasteiger partial charge in [0.1, 0.15) is 0 Å². The van der Waals surface area contributed by atoms with Crippen LogP contribution in [0.25, 0.3) is 17.0 Å². The maximum absolute atomic E-state index is 6.19. The van der Waals surface area contributed by atoms with E-state index in [9.17, 15) is 0 Å². The Labute approximate surface area is 109 Å². The fraction of sp³-hybridized carbons (Fsp3) is 0.0769. The number of benzene rings is 1. The minimum Gasteiger partial charge on any atom is -0.399 e. The molecule has 0 fully saturated rings. The minimum atomic E-state index is 0.574. The third kappa shape index (κ3) is 1.71. The Kier molecular flexibility index (Phi) is 2.45. The minimum absolute atomic E-state index is 0.574. The number of fused-ring (bicyclic) bond motifs is 1. The zero-order valence-electron chi connectivity index (χ0n) is 9.76. The summed E-state index contributed by atoms with van der Waals surface area (Å²) in [5.41, 5.74) is 9.09. The summed E-state index contributed by atoms with van der Waals surface area (Å²) in [5, 5.41) is 8.90. The van der Waals surface area contributed by atoms with E-state index in [1.807, 2.05) is 35.7 Å². The van der Waals surface area contributed by atoms with Crippen molar-refractivity contribution in [2.24, 2.45) is 0 Å². The summed E-state index contributed by atoms with van der Waals surface area (Å²) >= 11 is 6.19. The number of aromatic nitrogens is 3. The van der Waals surface area contributed by atoms with Crippen molar-refractivity contribution in [3.05, 3.63) is 47.1 Å². The number of halogens is 1. The monoisotopic (exact) mass is 258 g/mol. The summed E-state index contributed by atoms with van der Waals surface area (Å²) in [6.45, 7) is 2.02. The maximum atomic E-state index is 6.19. The van der Waals surface area contributed by atoms with Crippen molar-refractivity contribution in [3.8, 4) is 11.4 Å². The molecule has 3 aromatic rings. The predicted octanol–water partition coefficient (Wildman–Crippen LogP) is 2.94. The molecule has 2 N–H and O–H groups in total. The lowest BCUT2D eigenvalue weighted by Crippen LogP contribution is -1.92. The van der Waals surface area contributed by atoms with Gasteiger partial charge in [0, 0.05) is 17.4 Å². The average Bonchev–Trinajstić information content (AvgIpc) is 2.72. The normalized spacial score (nSPS) is 11.0. The first-order valence-electron chi connectivity index (χ1n) is 5.52. The number of nitrogen functional groups attached to an aromatic ring is 1. The van der Waals surface area contributed by atoms with Crippen LogP contribution in [0, 0.1) is 6.92 Å². The largest absolute Gasteiger partial charge is 0.399 e. The van der Waals surface area contributed by atoms with Gasteiger partial charge in [-0.2, -0.15) is 0 Å². The molecule has 0 atom stereocenters. The summed E-state index contributed by atoms with van der Waals surface area (Å²) < 4.78 is 1.91. The van der Waals surface area contributed by atoms with E-state index in [1.54, 1.807) is 12.1 Å². The number of hydrogen-bond acceptors (Lipinski definition) is 3. The predicted molar refractivity (Wildman–Crippen MR) is 72.6 cm³/mol. The van der Waals surface area contributed by atoms with Crippen LogP contribution in [0.3, 0.4) is 0 Å². The van der Waals surface area contributed by atoms with Crippen molar-refractivity contribution in [1.29, 1.82) is 0 Å². The number of nitrogens with zero attached hydrogens (tertiary/aromatic N) is 3. The fourth-order valence-electron chi connectivity index (χ4n) is 1.89. The highest BCUT2D eigenvalue weighted by Crippen LogP contribution is 2.28. The Balaban J connectivity index is 2.25. The molecule has 18 heavy (non-hydrogen) atoms. The molecule has 5 heteroatoms. The summed E-state index contributed by atoms with van der Waals surface area (Å²) in [4.78, 5) is 0. The Bertz CT molecular complexity index is 733. The number of rotatable bonds is 1. The molecule has 3 rings (SSSR count). The quantitative estimate of drug-likeness (QED) is 0.683. The van der Waals surface area contributed by atoms with Gasteiger partial charge < -0.3 is 5.73 Å². The van der Waals surface area contributed by atoms with Crippen molar-refractivity contribution >= 4 is 22.9 Å². The van der Waals surface area contributed by atoms with Gasteiger partial charge in [0.15, 0.2) is 11.5 Å². The van der Waals surface area contributed by atoms with Crippen molar-refractivity contribution < 1.29 is 0 Å². The fourth-order valence-corrected chi connectivity index (χ4v) is 2.16. The van der Waals surface area contributed by atoms with Crippen LogP contribution < -0.4 is 5.73 Å². The third-order valence-electron chi connectivity index (χ3n) is 2.80. The van der Waals surface area contributed by atoms with Crippen molar-refractivity contribution in [1.82, 2.24) is 14.6 Å². The molecule has 0 aliphatic carbocycles. The zero-order chi connectivity index (χ0) is 12.7. The van der Waals surface area contributed by atoms with Gasteiger partial charge >= 0.3 is 0 Å². The number of nitrogens with two attached hydrogens (primary N) is 1. The molecule has 0 unspecified atom stereocenters. The highest BCUT2D eigenvalue weighted by Gasteiger charge is 2.11. The molecule has 1 aromatic carbocycles. The highest BCUT2D eigenvalue weighted by molar-refractivity contribution is 6.33. The van der Waals surface area contributed by atoms with E-state index in [1.165, 1.54) is 0 Å². The lowest BCUT2D eigenvalue weighted by Gasteiger charge is -2.04. The molecular formula is C13H11ClN4. The molecule has 0 radical (unpaired) electrons. The number of anilines is 1. The smallest absolute Gasteiger partial charge is 0.169 e. The summed E-state index contributed by atoms with van der Waals surface area (Å²) in [5.74, 6) is 0.718. The van der Waals surface area contributed by atoms with Crippen LogP contribution >= 0.6 is 11.6 Å². The molecule has 0 spiro atoms. The molecule has 0 aliphatic heterocycles. The molecule has 0 saturated carbocycles. The van der Waals surface area contributed by atoms with Crippen LogP contribution in [0.5, 0.6) is 0 Å². The van der Waals surface area contributed by atoms with Gasteiger partial charge in [-0.1, -0.05) is 11.6 Å². The van der Waals surface area contributed by atoms with Crippen LogP contribution in [0.15, 0.2) is 36.5 Å². The first-order valence-corrected chi connectivity index (χ1v) is 5.90. The van der Waals surface area contributed by atoms with Crippen LogP contribution in [0.4, 0.5) is 5.69 Å². The summed E-state index contributed by atoms with van der Waals surface area (Å²) in [6.07, 6.45) is 1.94. The third-order valence-corrected chi connectivity index (χ3v) is 3.11. The van der Waals surface area contributed by atoms with Crippen LogP contribution in [-0.2, 0) is 0 Å². The Morgan fingerprint density at radius 2 is 2.00 bits per heavy atom. The highest BCUT2D eigenvalue weighted by atomic mass is 35.5. The maximum Gasteiger partial charge on any atom is 0.169 e. The molecule has 4 nitrogen and oxygen atoms in total. The number of aryl methyl sites for hydroxylation is 1. The van der Waals surface area contributed by atoms with Crippen LogP contribution in [0.1, 0.15) is 5.56 Å². The van der Waals surface area contributed by atoms with Gasteiger partial charge in [-0.05, 0) is 42.8 Å².